The van der Waals surface area contributed by atoms with Crippen LogP contribution in [-0.4, -0.2) is 13.3 Å². The first-order valence-electron chi connectivity index (χ1n) is 3.80. The summed E-state index contributed by atoms with van der Waals surface area (Å²) in [4.78, 5) is 0. The van der Waals surface area contributed by atoms with Crippen LogP contribution in [0.25, 0.3) is 0 Å². The van der Waals surface area contributed by atoms with Gasteiger partial charge in [0.2, 0.25) is 0 Å². The van der Waals surface area contributed by atoms with Crippen molar-refractivity contribution in [2.75, 3.05) is 7.11 Å². The van der Waals surface area contributed by atoms with Gasteiger partial charge in [-0.25, -0.2) is 0 Å². The van der Waals surface area contributed by atoms with Crippen LogP contribution in [-0.2, 0) is 4.74 Å². The van der Waals surface area contributed by atoms with Gasteiger partial charge in [0, 0.05) is 16.2 Å². The normalized spacial score (nSPS) is 14.1. The van der Waals surface area contributed by atoms with Crippen molar-refractivity contribution in [1.82, 2.24) is 0 Å². The number of ether oxygens (including phenoxy) is 1. The monoisotopic (exact) mass is 316 g/mol. The van der Waals surface area contributed by atoms with Gasteiger partial charge in [-0.15, -0.1) is 0 Å². The zero-order chi connectivity index (χ0) is 10.8. The highest BCUT2D eigenvalue weighted by Crippen LogP contribution is 2.36. The molecular weight excluding hydrogens is 308 g/mol. The molecule has 0 heterocycles. The minimum Gasteiger partial charge on any atom is -0.367 e. The van der Waals surface area contributed by atoms with Gasteiger partial charge in [0.15, 0.2) is 6.10 Å². The molecule has 14 heavy (non-hydrogen) atoms. The molecule has 1 rings (SSSR count). The zero-order valence-electron chi connectivity index (χ0n) is 7.31. The number of hydrogen-bond donors (Lipinski definition) is 0. The Morgan fingerprint density at radius 2 is 1.86 bits per heavy atom. The first-order valence-corrected chi connectivity index (χ1v) is 4.88. The van der Waals surface area contributed by atoms with Gasteiger partial charge in [-0.3, -0.25) is 0 Å². The van der Waals surface area contributed by atoms with Crippen LogP contribution in [0, 0.1) is 3.57 Å². The van der Waals surface area contributed by atoms with E-state index in [1.165, 1.54) is 6.07 Å². The standard InChI is InChI=1S/C9H8F3IO/c1-14-8(9(10,11)12)6-4-2-3-5-7(6)13/h2-5,8H,1H3. The van der Waals surface area contributed by atoms with Gasteiger partial charge in [-0.2, -0.15) is 13.2 Å². The van der Waals surface area contributed by atoms with E-state index in [0.717, 1.165) is 7.11 Å². The predicted molar refractivity (Wildman–Crippen MR) is 55.0 cm³/mol. The highest BCUT2D eigenvalue weighted by Gasteiger charge is 2.41. The van der Waals surface area contributed by atoms with Crippen molar-refractivity contribution in [2.24, 2.45) is 0 Å². The molecule has 1 unspecified atom stereocenters. The average Bonchev–Trinajstić information content (AvgIpc) is 2.07. The van der Waals surface area contributed by atoms with Crippen molar-refractivity contribution in [3.63, 3.8) is 0 Å². The molecule has 0 aliphatic carbocycles. The molecule has 0 aliphatic rings. The molecule has 0 aliphatic heterocycles. The fourth-order valence-corrected chi connectivity index (χ4v) is 1.79. The fraction of sp³-hybridized carbons (Fsp3) is 0.333. The lowest BCUT2D eigenvalue weighted by Crippen LogP contribution is -2.23. The smallest absolute Gasteiger partial charge is 0.367 e. The number of benzene rings is 1. The molecule has 1 aromatic carbocycles. The zero-order valence-corrected chi connectivity index (χ0v) is 9.46. The first-order chi connectivity index (χ1) is 6.46. The molecule has 0 saturated heterocycles. The minimum atomic E-state index is -4.37. The second-order valence-corrected chi connectivity index (χ2v) is 3.84. The maximum Gasteiger partial charge on any atom is 0.418 e. The summed E-state index contributed by atoms with van der Waals surface area (Å²) in [7, 11) is 1.06. The van der Waals surface area contributed by atoms with Gasteiger partial charge in [0.25, 0.3) is 0 Å². The molecule has 0 N–H and O–H groups in total. The quantitative estimate of drug-likeness (QED) is 0.759. The van der Waals surface area contributed by atoms with Crippen molar-refractivity contribution in [3.8, 4) is 0 Å². The number of alkyl halides is 3. The highest BCUT2D eigenvalue weighted by atomic mass is 127. The molecule has 0 radical (unpaired) electrons. The number of rotatable bonds is 2. The second-order valence-electron chi connectivity index (χ2n) is 2.68. The third-order valence-corrected chi connectivity index (χ3v) is 2.70. The lowest BCUT2D eigenvalue weighted by atomic mass is 10.1. The van der Waals surface area contributed by atoms with Crippen molar-refractivity contribution in [3.05, 3.63) is 33.4 Å². The topological polar surface area (TPSA) is 9.23 Å². The number of halogens is 4. The van der Waals surface area contributed by atoms with E-state index in [1.54, 1.807) is 18.2 Å². The third-order valence-electron chi connectivity index (χ3n) is 1.72. The molecule has 0 bridgehead atoms. The van der Waals surface area contributed by atoms with E-state index in [1.807, 2.05) is 22.6 Å². The van der Waals surface area contributed by atoms with E-state index < -0.39 is 12.3 Å². The Bertz CT molecular complexity index is 311. The molecule has 0 spiro atoms. The summed E-state index contributed by atoms with van der Waals surface area (Å²) in [6, 6.07) is 6.29. The predicted octanol–water partition coefficient (Wildman–Crippen LogP) is 3.54. The molecule has 78 valence electrons. The van der Waals surface area contributed by atoms with E-state index in [4.69, 9.17) is 0 Å². The second kappa shape index (κ2) is 4.48. The maximum absolute atomic E-state index is 12.5. The van der Waals surface area contributed by atoms with Gasteiger partial charge in [0.1, 0.15) is 0 Å². The van der Waals surface area contributed by atoms with Crippen LogP contribution in [0.1, 0.15) is 11.7 Å². The fourth-order valence-electron chi connectivity index (χ4n) is 1.12. The third kappa shape index (κ3) is 2.60. The molecule has 5 heteroatoms. The number of hydrogen-bond acceptors (Lipinski definition) is 1. The van der Waals surface area contributed by atoms with E-state index in [-0.39, 0.29) is 5.56 Å². The van der Waals surface area contributed by atoms with Crippen molar-refractivity contribution < 1.29 is 17.9 Å². The van der Waals surface area contributed by atoms with Crippen LogP contribution in [0.3, 0.4) is 0 Å². The molecule has 0 saturated carbocycles. The van der Waals surface area contributed by atoms with Crippen LogP contribution in [0.15, 0.2) is 24.3 Å². The molecule has 0 amide bonds. The highest BCUT2D eigenvalue weighted by molar-refractivity contribution is 14.1. The van der Waals surface area contributed by atoms with E-state index in [9.17, 15) is 13.2 Å². The van der Waals surface area contributed by atoms with Crippen LogP contribution in [0.4, 0.5) is 13.2 Å². The van der Waals surface area contributed by atoms with E-state index in [2.05, 4.69) is 4.74 Å². The van der Waals surface area contributed by atoms with Gasteiger partial charge >= 0.3 is 6.18 Å². The van der Waals surface area contributed by atoms with E-state index >= 15 is 0 Å². The summed E-state index contributed by atoms with van der Waals surface area (Å²) in [5.74, 6) is 0. The molecule has 1 aromatic rings. The summed E-state index contributed by atoms with van der Waals surface area (Å²) in [5, 5.41) is 0. The SMILES string of the molecule is COC(c1ccccc1I)C(F)(F)F. The van der Waals surface area contributed by atoms with Gasteiger partial charge in [0.05, 0.1) is 0 Å². The Kier molecular flexibility index (Phi) is 3.77. The summed E-state index contributed by atoms with van der Waals surface area (Å²) in [5.41, 5.74) is 0.156. The van der Waals surface area contributed by atoms with Crippen molar-refractivity contribution in [2.45, 2.75) is 12.3 Å². The molecule has 1 nitrogen and oxygen atoms in total. The summed E-state index contributed by atoms with van der Waals surface area (Å²) in [6.07, 6.45) is -6.20. The Hall–Kier alpha value is -0.300. The summed E-state index contributed by atoms with van der Waals surface area (Å²) in [6.45, 7) is 0. The first kappa shape index (κ1) is 11.8. The Morgan fingerprint density at radius 3 is 2.29 bits per heavy atom. The molecule has 1 atom stereocenters. The molecule has 0 aromatic heterocycles. The summed E-state index contributed by atoms with van der Waals surface area (Å²) < 4.78 is 42.4. The lowest BCUT2D eigenvalue weighted by molar-refractivity contribution is -0.216. The maximum atomic E-state index is 12.5. The Balaban J connectivity index is 3.08. The van der Waals surface area contributed by atoms with Gasteiger partial charge in [-0.1, -0.05) is 18.2 Å². The van der Waals surface area contributed by atoms with Crippen LogP contribution >= 0.6 is 22.6 Å². The lowest BCUT2D eigenvalue weighted by Gasteiger charge is -2.19. The van der Waals surface area contributed by atoms with E-state index in [0.29, 0.717) is 3.57 Å². The minimum absolute atomic E-state index is 0.156. The Labute approximate surface area is 93.4 Å². The van der Waals surface area contributed by atoms with Crippen LogP contribution < -0.4 is 0 Å². The van der Waals surface area contributed by atoms with Crippen LogP contribution in [0.5, 0.6) is 0 Å². The average molecular weight is 316 g/mol. The van der Waals surface area contributed by atoms with Crippen LogP contribution in [0.2, 0.25) is 0 Å². The largest absolute Gasteiger partial charge is 0.418 e. The molecular formula is C9H8F3IO. The summed E-state index contributed by atoms with van der Waals surface area (Å²) >= 11 is 1.86. The van der Waals surface area contributed by atoms with Crippen molar-refractivity contribution in [1.29, 1.82) is 0 Å². The van der Waals surface area contributed by atoms with Crippen molar-refractivity contribution >= 4 is 22.6 Å². The van der Waals surface area contributed by atoms with Gasteiger partial charge in [-0.05, 0) is 28.7 Å². The number of methoxy groups -OCH3 is 1. The van der Waals surface area contributed by atoms with Gasteiger partial charge < -0.3 is 4.74 Å². The molecule has 0 fully saturated rings. The Morgan fingerprint density at radius 1 is 1.29 bits per heavy atom.